The largest absolute Gasteiger partial charge is 0.416 e. The summed E-state index contributed by atoms with van der Waals surface area (Å²) in [5, 5.41) is 14.1. The zero-order valence-electron chi connectivity index (χ0n) is 24.4. The van der Waals surface area contributed by atoms with Crippen LogP contribution in [0.1, 0.15) is 38.3 Å². The fraction of sp³-hybridized carbons (Fsp3) is 0.375. The molecule has 1 fully saturated rings. The lowest BCUT2D eigenvalue weighted by molar-refractivity contribution is -0.137. The number of nitrogens with zero attached hydrogens (tertiary/aromatic N) is 4. The first kappa shape index (κ1) is 30.1. The van der Waals surface area contributed by atoms with Crippen LogP contribution in [-0.4, -0.2) is 57.0 Å². The first-order valence-electron chi connectivity index (χ1n) is 14.3. The molecule has 0 radical (unpaired) electrons. The van der Waals surface area contributed by atoms with Gasteiger partial charge in [-0.15, -0.1) is 5.10 Å². The summed E-state index contributed by atoms with van der Waals surface area (Å²) in [5.41, 5.74) is 2.61. The molecule has 43 heavy (non-hydrogen) atoms. The van der Waals surface area contributed by atoms with Gasteiger partial charge in [-0.05, 0) is 50.5 Å². The molecule has 2 atom stereocenters. The van der Waals surface area contributed by atoms with Crippen LogP contribution in [0.25, 0.3) is 16.8 Å². The molecule has 2 heterocycles. The van der Waals surface area contributed by atoms with Gasteiger partial charge in [-0.3, -0.25) is 4.79 Å². The molecular formula is C32H35F3N6O2. The van der Waals surface area contributed by atoms with Crippen LogP contribution in [0.2, 0.25) is 0 Å². The highest BCUT2D eigenvalue weighted by molar-refractivity contribution is 5.87. The van der Waals surface area contributed by atoms with Crippen LogP contribution in [-0.2, 0) is 17.5 Å². The molecule has 2 aliphatic rings. The lowest BCUT2D eigenvalue weighted by atomic mass is 9.73. The van der Waals surface area contributed by atoms with Gasteiger partial charge >= 0.3 is 12.2 Å². The van der Waals surface area contributed by atoms with Crippen molar-refractivity contribution in [3.8, 4) is 11.3 Å². The highest BCUT2D eigenvalue weighted by Crippen LogP contribution is 2.41. The van der Waals surface area contributed by atoms with Crippen molar-refractivity contribution < 1.29 is 22.8 Å². The minimum atomic E-state index is -4.47. The highest BCUT2D eigenvalue weighted by atomic mass is 19.4. The normalized spacial score (nSPS) is 18.8. The van der Waals surface area contributed by atoms with Crippen molar-refractivity contribution in [2.75, 3.05) is 19.6 Å². The number of alkyl halides is 3. The summed E-state index contributed by atoms with van der Waals surface area (Å²) in [6, 6.07) is 14.7. The van der Waals surface area contributed by atoms with E-state index in [2.05, 4.69) is 20.9 Å². The number of piperidine rings is 1. The summed E-state index contributed by atoms with van der Waals surface area (Å²) in [6.45, 7) is 7.04. The van der Waals surface area contributed by atoms with Crippen LogP contribution in [0.4, 0.5) is 18.0 Å². The number of carbonyl (C=O) groups excluding carboxylic acids is 2. The van der Waals surface area contributed by atoms with Crippen LogP contribution >= 0.6 is 0 Å². The van der Waals surface area contributed by atoms with E-state index in [-0.39, 0.29) is 24.4 Å². The topological polar surface area (TPSA) is 92.2 Å². The highest BCUT2D eigenvalue weighted by Gasteiger charge is 2.39. The molecule has 5 rings (SSSR count). The van der Waals surface area contributed by atoms with Crippen molar-refractivity contribution in [3.05, 3.63) is 89.6 Å². The summed E-state index contributed by atoms with van der Waals surface area (Å²) in [5.74, 6) is -1.21. The number of hydrogen-bond donors (Lipinski definition) is 2. The number of aromatic nitrogens is 3. The first-order valence-corrected chi connectivity index (χ1v) is 14.3. The lowest BCUT2D eigenvalue weighted by Gasteiger charge is -2.41. The molecule has 1 saturated heterocycles. The molecule has 0 bridgehead atoms. The molecule has 0 spiro atoms. The van der Waals surface area contributed by atoms with Gasteiger partial charge in [0.1, 0.15) is 0 Å². The standard InChI is InChI=1S/C32H35F3N6O2/c1-31(2,3)38-30(43)40-16-14-25-24(22-10-7-11-23(18-22)32(33,34)35)12-13-26(27(25)20-40)29(42)36-15-17-41-28(19-37-39-41)21-8-5-4-6-9-21/h4-13,18-19,26-27H,14-17,20H2,1-3H3,(H,36,42)(H,38,43). The predicted octanol–water partition coefficient (Wildman–Crippen LogP) is 5.55. The Kier molecular flexibility index (Phi) is 8.43. The Morgan fingerprint density at radius 3 is 2.49 bits per heavy atom. The number of likely N-dealkylation sites (tertiary alicyclic amines) is 1. The maximum atomic E-state index is 13.6. The second-order valence-corrected chi connectivity index (χ2v) is 11.9. The average molecular weight is 593 g/mol. The van der Waals surface area contributed by atoms with Crippen molar-refractivity contribution >= 4 is 17.5 Å². The van der Waals surface area contributed by atoms with E-state index in [0.29, 0.717) is 37.2 Å². The summed E-state index contributed by atoms with van der Waals surface area (Å²) >= 11 is 0. The number of amides is 3. The predicted molar refractivity (Wildman–Crippen MR) is 157 cm³/mol. The number of benzene rings is 2. The number of fused-ring (bicyclic) bond motifs is 1. The summed E-state index contributed by atoms with van der Waals surface area (Å²) < 4.78 is 42.2. The van der Waals surface area contributed by atoms with Gasteiger partial charge in [0.15, 0.2) is 0 Å². The zero-order valence-corrected chi connectivity index (χ0v) is 24.4. The summed E-state index contributed by atoms with van der Waals surface area (Å²) in [7, 11) is 0. The van der Waals surface area contributed by atoms with Gasteiger partial charge < -0.3 is 15.5 Å². The Morgan fingerprint density at radius 1 is 1.02 bits per heavy atom. The van der Waals surface area contributed by atoms with Gasteiger partial charge in [-0.2, -0.15) is 13.2 Å². The fourth-order valence-corrected chi connectivity index (χ4v) is 5.64. The van der Waals surface area contributed by atoms with Crippen LogP contribution in [0, 0.1) is 11.8 Å². The van der Waals surface area contributed by atoms with Gasteiger partial charge in [-0.25, -0.2) is 9.48 Å². The van der Waals surface area contributed by atoms with Gasteiger partial charge in [-0.1, -0.05) is 65.4 Å². The van der Waals surface area contributed by atoms with E-state index in [1.807, 2.05) is 51.1 Å². The zero-order chi connectivity index (χ0) is 30.8. The molecule has 1 aromatic heterocycles. The maximum absolute atomic E-state index is 13.6. The third kappa shape index (κ3) is 6.98. The van der Waals surface area contributed by atoms with Crippen molar-refractivity contribution in [2.24, 2.45) is 11.8 Å². The molecular weight excluding hydrogens is 557 g/mol. The van der Waals surface area contributed by atoms with E-state index in [9.17, 15) is 22.8 Å². The third-order valence-corrected chi connectivity index (χ3v) is 7.65. The summed E-state index contributed by atoms with van der Waals surface area (Å²) in [4.78, 5) is 28.3. The van der Waals surface area contributed by atoms with Crippen molar-refractivity contribution in [1.82, 2.24) is 30.5 Å². The van der Waals surface area contributed by atoms with E-state index in [4.69, 9.17) is 0 Å². The molecule has 2 unspecified atom stereocenters. The van der Waals surface area contributed by atoms with Crippen LogP contribution in [0.3, 0.4) is 0 Å². The molecule has 226 valence electrons. The van der Waals surface area contributed by atoms with E-state index in [0.717, 1.165) is 29.0 Å². The SMILES string of the molecule is CC(C)(C)NC(=O)N1CCC2=C(c3cccc(C(F)(F)F)c3)C=CC(C(=O)NCCn3nncc3-c3ccccc3)C2C1. The Balaban J connectivity index is 1.36. The van der Waals surface area contributed by atoms with Crippen molar-refractivity contribution in [1.29, 1.82) is 0 Å². The molecule has 2 N–H and O–H groups in total. The Bertz CT molecular complexity index is 1540. The molecule has 8 nitrogen and oxygen atoms in total. The van der Waals surface area contributed by atoms with Gasteiger partial charge in [0, 0.05) is 36.7 Å². The second kappa shape index (κ2) is 12.1. The quantitative estimate of drug-likeness (QED) is 0.393. The van der Waals surface area contributed by atoms with Crippen LogP contribution in [0.15, 0.2) is 78.5 Å². The molecule has 0 saturated carbocycles. The molecule has 11 heteroatoms. The van der Waals surface area contributed by atoms with E-state index in [1.54, 1.807) is 34.0 Å². The minimum absolute atomic E-state index is 0.221. The van der Waals surface area contributed by atoms with Crippen LogP contribution < -0.4 is 10.6 Å². The lowest BCUT2D eigenvalue weighted by Crippen LogP contribution is -2.53. The molecule has 1 aliphatic carbocycles. The molecule has 1 aliphatic heterocycles. The van der Waals surface area contributed by atoms with E-state index < -0.39 is 23.2 Å². The maximum Gasteiger partial charge on any atom is 0.416 e. The van der Waals surface area contributed by atoms with Crippen LogP contribution in [0.5, 0.6) is 0 Å². The number of rotatable bonds is 6. The van der Waals surface area contributed by atoms with Crippen molar-refractivity contribution in [3.63, 3.8) is 0 Å². The number of carbonyl (C=O) groups is 2. The number of halogens is 3. The second-order valence-electron chi connectivity index (χ2n) is 11.9. The number of urea groups is 1. The Morgan fingerprint density at radius 2 is 1.77 bits per heavy atom. The average Bonchev–Trinajstić information content (AvgIpc) is 3.44. The first-order chi connectivity index (χ1) is 20.4. The van der Waals surface area contributed by atoms with E-state index >= 15 is 0 Å². The van der Waals surface area contributed by atoms with Crippen molar-refractivity contribution in [2.45, 2.75) is 45.5 Å². The number of hydrogen-bond acceptors (Lipinski definition) is 4. The Labute approximate surface area is 248 Å². The molecule has 3 aromatic rings. The number of allylic oxidation sites excluding steroid dienone is 2. The molecule has 3 amide bonds. The number of nitrogens with one attached hydrogen (secondary N) is 2. The van der Waals surface area contributed by atoms with Gasteiger partial charge in [0.2, 0.25) is 5.91 Å². The minimum Gasteiger partial charge on any atom is -0.354 e. The van der Waals surface area contributed by atoms with Gasteiger partial charge in [0.25, 0.3) is 0 Å². The van der Waals surface area contributed by atoms with E-state index in [1.165, 1.54) is 6.07 Å². The summed E-state index contributed by atoms with van der Waals surface area (Å²) in [6.07, 6.45) is 1.14. The fourth-order valence-electron chi connectivity index (χ4n) is 5.64. The van der Waals surface area contributed by atoms with Gasteiger partial charge in [0.05, 0.1) is 29.9 Å². The monoisotopic (exact) mass is 592 g/mol. The third-order valence-electron chi connectivity index (χ3n) is 7.65. The Hall–Kier alpha value is -4.41. The smallest absolute Gasteiger partial charge is 0.354 e. The molecule has 2 aromatic carbocycles.